The molecule has 1 N–H and O–H groups in total. The number of carbonyl (C=O) groups is 1. The lowest BCUT2D eigenvalue weighted by Gasteiger charge is -2.07. The van der Waals surface area contributed by atoms with E-state index >= 15 is 0 Å². The molecule has 0 amide bonds. The number of hydrogen-bond donors (Lipinski definition) is 1. The molecule has 1 aromatic carbocycles. The van der Waals surface area contributed by atoms with Crippen LogP contribution in [-0.4, -0.2) is 34.1 Å². The Morgan fingerprint density at radius 2 is 2.13 bits per heavy atom. The molecule has 0 radical (unpaired) electrons. The number of ether oxygens (including phenoxy) is 1. The van der Waals surface area contributed by atoms with Crippen LogP contribution in [0.2, 0.25) is 0 Å². The zero-order valence-electron chi connectivity index (χ0n) is 13.2. The van der Waals surface area contributed by atoms with Crippen LogP contribution < -0.4 is 0 Å². The van der Waals surface area contributed by atoms with Crippen LogP contribution in [-0.2, 0) is 17.7 Å². The third kappa shape index (κ3) is 3.05. The van der Waals surface area contributed by atoms with Gasteiger partial charge in [-0.2, -0.15) is 5.10 Å². The molecule has 1 heterocycles. The number of benzene rings is 1. The van der Waals surface area contributed by atoms with Gasteiger partial charge in [0.25, 0.3) is 0 Å². The highest BCUT2D eigenvalue weighted by Crippen LogP contribution is 2.35. The van der Waals surface area contributed by atoms with Gasteiger partial charge in [0.05, 0.1) is 25.5 Å². The van der Waals surface area contributed by atoms with Gasteiger partial charge in [-0.1, -0.05) is 30.3 Å². The SMILES string of the molecule is CCOC(=O)c1c2c(nn1CCO)/C(=C/c1ccccc1)CC2. The van der Waals surface area contributed by atoms with Gasteiger partial charge in [0.1, 0.15) is 5.69 Å². The molecule has 0 atom stereocenters. The molecule has 1 aromatic heterocycles. The van der Waals surface area contributed by atoms with Crippen molar-refractivity contribution in [2.75, 3.05) is 13.2 Å². The van der Waals surface area contributed by atoms with Crippen molar-refractivity contribution in [1.29, 1.82) is 0 Å². The minimum Gasteiger partial charge on any atom is -0.461 e. The zero-order valence-corrected chi connectivity index (χ0v) is 13.2. The predicted octanol–water partition coefficient (Wildman–Crippen LogP) is 2.54. The van der Waals surface area contributed by atoms with Crippen molar-refractivity contribution in [3.8, 4) is 0 Å². The molecule has 0 saturated carbocycles. The lowest BCUT2D eigenvalue weighted by Crippen LogP contribution is -2.16. The molecule has 2 aromatic rings. The predicted molar refractivity (Wildman–Crippen MR) is 87.9 cm³/mol. The summed E-state index contributed by atoms with van der Waals surface area (Å²) in [6, 6.07) is 10.1. The van der Waals surface area contributed by atoms with Crippen molar-refractivity contribution in [2.45, 2.75) is 26.3 Å². The van der Waals surface area contributed by atoms with Crippen LogP contribution in [0.3, 0.4) is 0 Å². The van der Waals surface area contributed by atoms with Crippen LogP contribution in [0.1, 0.15) is 40.7 Å². The Morgan fingerprint density at radius 1 is 1.35 bits per heavy atom. The number of nitrogens with zero attached hydrogens (tertiary/aromatic N) is 2. The maximum Gasteiger partial charge on any atom is 0.356 e. The second kappa shape index (κ2) is 6.79. The van der Waals surface area contributed by atoms with E-state index in [2.05, 4.69) is 11.2 Å². The first-order valence-corrected chi connectivity index (χ1v) is 7.88. The third-order valence-corrected chi connectivity index (χ3v) is 3.92. The first-order chi connectivity index (χ1) is 11.2. The number of allylic oxidation sites excluding steroid dienone is 1. The van der Waals surface area contributed by atoms with Gasteiger partial charge in [0.2, 0.25) is 0 Å². The molecule has 0 fully saturated rings. The highest BCUT2D eigenvalue weighted by atomic mass is 16.5. The van der Waals surface area contributed by atoms with Crippen LogP contribution in [0.4, 0.5) is 0 Å². The number of hydrogen-bond acceptors (Lipinski definition) is 4. The molecule has 0 spiro atoms. The quantitative estimate of drug-likeness (QED) is 0.862. The standard InChI is InChI=1S/C18H20N2O3/c1-2-23-18(22)17-15-9-8-14(12-13-6-4-3-5-7-13)16(15)19-20(17)10-11-21/h3-7,12,21H,2,8-11H2,1H3/b14-12+. The second-order valence-corrected chi connectivity index (χ2v) is 5.42. The minimum absolute atomic E-state index is 0.0648. The first-order valence-electron chi connectivity index (χ1n) is 7.88. The van der Waals surface area contributed by atoms with Crippen LogP contribution in [0.15, 0.2) is 30.3 Å². The average molecular weight is 312 g/mol. The zero-order chi connectivity index (χ0) is 16.2. The molecule has 0 saturated heterocycles. The summed E-state index contributed by atoms with van der Waals surface area (Å²) in [7, 11) is 0. The van der Waals surface area contributed by atoms with Crippen LogP contribution in [0, 0.1) is 0 Å². The van der Waals surface area contributed by atoms with Crippen LogP contribution in [0.5, 0.6) is 0 Å². The molecule has 0 unspecified atom stereocenters. The maximum atomic E-state index is 12.2. The summed E-state index contributed by atoms with van der Waals surface area (Å²) in [5, 5.41) is 13.8. The maximum absolute atomic E-state index is 12.2. The van der Waals surface area contributed by atoms with E-state index in [1.165, 1.54) is 0 Å². The number of esters is 1. The summed E-state index contributed by atoms with van der Waals surface area (Å²) < 4.78 is 6.72. The summed E-state index contributed by atoms with van der Waals surface area (Å²) in [6.07, 6.45) is 3.74. The van der Waals surface area contributed by atoms with Crippen LogP contribution >= 0.6 is 0 Å². The normalized spacial score (nSPS) is 15.0. The molecule has 1 aliphatic carbocycles. The van der Waals surface area contributed by atoms with E-state index in [0.29, 0.717) is 18.8 Å². The molecule has 0 aliphatic heterocycles. The summed E-state index contributed by atoms with van der Waals surface area (Å²) in [5.74, 6) is -0.365. The van der Waals surface area contributed by atoms with E-state index < -0.39 is 0 Å². The van der Waals surface area contributed by atoms with E-state index in [-0.39, 0.29) is 12.6 Å². The fourth-order valence-corrected chi connectivity index (χ4v) is 2.95. The van der Waals surface area contributed by atoms with Gasteiger partial charge >= 0.3 is 5.97 Å². The van der Waals surface area contributed by atoms with Crippen molar-refractivity contribution in [1.82, 2.24) is 9.78 Å². The summed E-state index contributed by atoms with van der Waals surface area (Å²) in [4.78, 5) is 12.2. The van der Waals surface area contributed by atoms with Gasteiger partial charge in [0.15, 0.2) is 0 Å². The molecule has 5 heteroatoms. The lowest BCUT2D eigenvalue weighted by atomic mass is 10.1. The smallest absolute Gasteiger partial charge is 0.356 e. The van der Waals surface area contributed by atoms with E-state index in [1.807, 2.05) is 30.3 Å². The van der Waals surface area contributed by atoms with Gasteiger partial charge in [-0.15, -0.1) is 0 Å². The highest BCUT2D eigenvalue weighted by molar-refractivity contribution is 5.94. The molecule has 1 aliphatic rings. The van der Waals surface area contributed by atoms with Crippen molar-refractivity contribution < 1.29 is 14.6 Å². The Kier molecular flexibility index (Phi) is 4.57. The first kappa shape index (κ1) is 15.5. The monoisotopic (exact) mass is 312 g/mol. The van der Waals surface area contributed by atoms with Gasteiger partial charge < -0.3 is 9.84 Å². The average Bonchev–Trinajstić information content (AvgIpc) is 3.09. The van der Waals surface area contributed by atoms with E-state index in [0.717, 1.165) is 35.2 Å². The summed E-state index contributed by atoms with van der Waals surface area (Å²) in [5.41, 5.74) is 4.50. The topological polar surface area (TPSA) is 64.3 Å². The largest absolute Gasteiger partial charge is 0.461 e. The number of aromatic nitrogens is 2. The van der Waals surface area contributed by atoms with Gasteiger partial charge in [-0.05, 0) is 37.0 Å². The Hall–Kier alpha value is -2.40. The molecular formula is C18H20N2O3. The minimum atomic E-state index is -0.365. The van der Waals surface area contributed by atoms with Gasteiger partial charge in [-0.3, -0.25) is 4.68 Å². The molecule has 3 rings (SSSR count). The van der Waals surface area contributed by atoms with Crippen molar-refractivity contribution in [2.24, 2.45) is 0 Å². The van der Waals surface area contributed by atoms with Gasteiger partial charge in [0, 0.05) is 5.56 Å². The van der Waals surface area contributed by atoms with Crippen LogP contribution in [0.25, 0.3) is 11.6 Å². The summed E-state index contributed by atoms with van der Waals surface area (Å²) in [6.45, 7) is 2.33. The molecule has 0 bridgehead atoms. The van der Waals surface area contributed by atoms with Crippen molar-refractivity contribution in [3.63, 3.8) is 0 Å². The number of fused-ring (bicyclic) bond motifs is 1. The van der Waals surface area contributed by atoms with Crippen molar-refractivity contribution in [3.05, 3.63) is 52.8 Å². The molecule has 120 valence electrons. The molecule has 23 heavy (non-hydrogen) atoms. The highest BCUT2D eigenvalue weighted by Gasteiger charge is 2.30. The van der Waals surface area contributed by atoms with Crippen molar-refractivity contribution >= 4 is 17.6 Å². The number of aliphatic hydroxyl groups excluding tert-OH is 1. The summed E-state index contributed by atoms with van der Waals surface area (Å²) >= 11 is 0. The third-order valence-electron chi connectivity index (χ3n) is 3.92. The molecular weight excluding hydrogens is 292 g/mol. The molecule has 5 nitrogen and oxygen atoms in total. The number of aliphatic hydroxyl groups is 1. The fraction of sp³-hybridized carbons (Fsp3) is 0.333. The second-order valence-electron chi connectivity index (χ2n) is 5.42. The number of carbonyl (C=O) groups excluding carboxylic acids is 1. The van der Waals surface area contributed by atoms with E-state index in [1.54, 1.807) is 11.6 Å². The Balaban J connectivity index is 2.01. The number of rotatable bonds is 5. The Labute approximate surface area is 135 Å². The van der Waals surface area contributed by atoms with E-state index in [9.17, 15) is 9.90 Å². The lowest BCUT2D eigenvalue weighted by molar-refractivity contribution is 0.0509. The van der Waals surface area contributed by atoms with E-state index in [4.69, 9.17) is 4.74 Å². The Morgan fingerprint density at radius 3 is 2.83 bits per heavy atom. The van der Waals surface area contributed by atoms with Gasteiger partial charge in [-0.25, -0.2) is 4.79 Å². The fourth-order valence-electron chi connectivity index (χ4n) is 2.95. The Bertz CT molecular complexity index is 732.